The summed E-state index contributed by atoms with van der Waals surface area (Å²) < 4.78 is 4.43. The molecule has 2 heteroatoms. The minimum absolute atomic E-state index is 0.359. The van der Waals surface area contributed by atoms with Gasteiger partial charge in [-0.2, -0.15) is 0 Å². The van der Waals surface area contributed by atoms with Crippen LogP contribution in [0.25, 0.3) is 10.8 Å². The normalized spacial score (nSPS) is 9.00. The summed E-state index contributed by atoms with van der Waals surface area (Å²) in [6.45, 7) is 5.38. The Bertz CT molecular complexity index is 424. The van der Waals surface area contributed by atoms with Gasteiger partial charge < -0.3 is 4.74 Å². The van der Waals surface area contributed by atoms with E-state index in [1.165, 1.54) is 10.8 Å². The Hall–Kier alpha value is -2.09. The van der Waals surface area contributed by atoms with E-state index in [1.807, 2.05) is 0 Å². The van der Waals surface area contributed by atoms with E-state index >= 15 is 0 Å². The lowest BCUT2D eigenvalue weighted by molar-refractivity contribution is -0.137. The number of benzene rings is 2. The number of esters is 1. The van der Waals surface area contributed by atoms with E-state index in [9.17, 15) is 4.79 Å². The second kappa shape index (κ2) is 7.23. The maximum Gasteiger partial charge on any atom is 0.330 e. The summed E-state index contributed by atoms with van der Waals surface area (Å²) >= 11 is 0. The summed E-state index contributed by atoms with van der Waals surface area (Å²) in [5, 5.41) is 2.62. The van der Waals surface area contributed by atoms with Gasteiger partial charge in [-0.15, -0.1) is 0 Å². The first kappa shape index (κ1) is 13.0. The number of hydrogen-bond donors (Lipinski definition) is 0. The number of carbonyl (C=O) groups is 1. The summed E-state index contributed by atoms with van der Waals surface area (Å²) in [7, 11) is 0. The van der Waals surface area contributed by atoms with Crippen LogP contribution in [0.5, 0.6) is 0 Å². The second-order valence-electron chi connectivity index (χ2n) is 3.30. The molecule has 0 atom stereocenters. The number of ether oxygens (including phenoxy) is 1. The Balaban J connectivity index is 0.000000185. The van der Waals surface area contributed by atoms with Crippen molar-refractivity contribution in [3.8, 4) is 0 Å². The zero-order valence-electron chi connectivity index (χ0n) is 9.93. The molecule has 0 aromatic heterocycles. The molecule has 2 rings (SSSR count). The summed E-state index contributed by atoms with van der Waals surface area (Å²) in [4.78, 5) is 10.1. The van der Waals surface area contributed by atoms with Crippen molar-refractivity contribution in [2.45, 2.75) is 6.92 Å². The van der Waals surface area contributed by atoms with Gasteiger partial charge in [-0.1, -0.05) is 55.1 Å². The summed E-state index contributed by atoms with van der Waals surface area (Å²) in [6.07, 6.45) is 1.14. The molecule has 17 heavy (non-hydrogen) atoms. The van der Waals surface area contributed by atoms with Crippen LogP contribution >= 0.6 is 0 Å². The van der Waals surface area contributed by atoms with Crippen molar-refractivity contribution < 1.29 is 9.53 Å². The highest BCUT2D eigenvalue weighted by molar-refractivity contribution is 5.82. The molecule has 2 aromatic carbocycles. The van der Waals surface area contributed by atoms with Gasteiger partial charge >= 0.3 is 5.97 Å². The molecule has 2 nitrogen and oxygen atoms in total. The van der Waals surface area contributed by atoms with Crippen molar-refractivity contribution in [2.24, 2.45) is 0 Å². The van der Waals surface area contributed by atoms with Gasteiger partial charge in [0.2, 0.25) is 0 Å². The molecule has 0 aliphatic heterocycles. The first-order valence-electron chi connectivity index (χ1n) is 5.51. The molecule has 0 N–H and O–H groups in total. The monoisotopic (exact) mass is 228 g/mol. The van der Waals surface area contributed by atoms with E-state index < -0.39 is 0 Å². The van der Waals surface area contributed by atoms with Gasteiger partial charge in [-0.3, -0.25) is 0 Å². The number of rotatable bonds is 2. The fourth-order valence-corrected chi connectivity index (χ4v) is 1.33. The Morgan fingerprint density at radius 3 is 1.76 bits per heavy atom. The smallest absolute Gasteiger partial charge is 0.330 e. The molecule has 0 amide bonds. The average Bonchev–Trinajstić information content (AvgIpc) is 2.40. The van der Waals surface area contributed by atoms with Crippen molar-refractivity contribution in [1.82, 2.24) is 0 Å². The van der Waals surface area contributed by atoms with E-state index in [4.69, 9.17) is 0 Å². The van der Waals surface area contributed by atoms with Gasteiger partial charge in [0.15, 0.2) is 0 Å². The molecular weight excluding hydrogens is 212 g/mol. The minimum atomic E-state index is -0.359. The van der Waals surface area contributed by atoms with Gasteiger partial charge in [0, 0.05) is 6.08 Å². The lowest BCUT2D eigenvalue weighted by Gasteiger charge is -1.92. The number of carbonyl (C=O) groups excluding carboxylic acids is 1. The minimum Gasteiger partial charge on any atom is -0.463 e. The number of fused-ring (bicyclic) bond motifs is 1. The van der Waals surface area contributed by atoms with Crippen molar-refractivity contribution in [2.75, 3.05) is 6.61 Å². The predicted octanol–water partition coefficient (Wildman–Crippen LogP) is 3.58. The fourth-order valence-electron chi connectivity index (χ4n) is 1.33. The molecule has 88 valence electrons. The van der Waals surface area contributed by atoms with Gasteiger partial charge in [-0.25, -0.2) is 4.79 Å². The van der Waals surface area contributed by atoms with Crippen LogP contribution in [-0.4, -0.2) is 12.6 Å². The standard InChI is InChI=1S/C10H8.C5H8O2/c1-2-6-10-8-4-3-7-9(10)5-1;1-3-5(6)7-4-2/h1-8H;3H,1,4H2,2H3. The molecule has 2 aromatic rings. The van der Waals surface area contributed by atoms with E-state index in [2.05, 4.69) is 59.8 Å². The third-order valence-electron chi connectivity index (χ3n) is 2.11. The molecule has 0 bridgehead atoms. The molecule has 0 saturated heterocycles. The van der Waals surface area contributed by atoms with Crippen LogP contribution in [-0.2, 0) is 9.53 Å². The highest BCUT2D eigenvalue weighted by Crippen LogP contribution is 2.11. The molecule has 0 aliphatic carbocycles. The van der Waals surface area contributed by atoms with Gasteiger partial charge in [0.1, 0.15) is 0 Å². The lowest BCUT2D eigenvalue weighted by Crippen LogP contribution is -1.97. The highest BCUT2D eigenvalue weighted by atomic mass is 16.5. The van der Waals surface area contributed by atoms with Crippen molar-refractivity contribution in [1.29, 1.82) is 0 Å². The van der Waals surface area contributed by atoms with E-state index in [-0.39, 0.29) is 5.97 Å². The summed E-state index contributed by atoms with van der Waals surface area (Å²) in [5.74, 6) is -0.359. The fraction of sp³-hybridized carbons (Fsp3) is 0.133. The molecule has 0 radical (unpaired) electrons. The van der Waals surface area contributed by atoms with Crippen LogP contribution in [0.3, 0.4) is 0 Å². The van der Waals surface area contributed by atoms with Crippen molar-refractivity contribution in [3.05, 3.63) is 61.2 Å². The summed E-state index contributed by atoms with van der Waals surface area (Å²) in [5.41, 5.74) is 0. The van der Waals surface area contributed by atoms with Crippen LogP contribution < -0.4 is 0 Å². The third-order valence-corrected chi connectivity index (χ3v) is 2.11. The summed E-state index contributed by atoms with van der Waals surface area (Å²) in [6, 6.07) is 16.7. The van der Waals surface area contributed by atoms with Gasteiger partial charge in [-0.05, 0) is 17.7 Å². The zero-order chi connectivity index (χ0) is 12.5. The van der Waals surface area contributed by atoms with Crippen LogP contribution in [0, 0.1) is 0 Å². The van der Waals surface area contributed by atoms with Crippen molar-refractivity contribution in [3.63, 3.8) is 0 Å². The number of hydrogen-bond acceptors (Lipinski definition) is 2. The van der Waals surface area contributed by atoms with Crippen LogP contribution in [0.4, 0.5) is 0 Å². The third kappa shape index (κ3) is 4.51. The van der Waals surface area contributed by atoms with E-state index in [0.717, 1.165) is 6.08 Å². The highest BCUT2D eigenvalue weighted by Gasteiger charge is 1.86. The average molecular weight is 228 g/mol. The molecular formula is C15H16O2. The SMILES string of the molecule is C=CC(=O)OCC.c1ccc2ccccc2c1. The van der Waals surface area contributed by atoms with Crippen LogP contribution in [0.15, 0.2) is 61.2 Å². The lowest BCUT2D eigenvalue weighted by atomic mass is 10.1. The topological polar surface area (TPSA) is 26.3 Å². The van der Waals surface area contributed by atoms with Gasteiger partial charge in [0.05, 0.1) is 6.61 Å². The molecule has 0 saturated carbocycles. The van der Waals surface area contributed by atoms with Crippen LogP contribution in [0.1, 0.15) is 6.92 Å². The Morgan fingerprint density at radius 1 is 1.12 bits per heavy atom. The predicted molar refractivity (Wildman–Crippen MR) is 70.8 cm³/mol. The molecule has 0 unspecified atom stereocenters. The Kier molecular flexibility index (Phi) is 5.52. The zero-order valence-corrected chi connectivity index (χ0v) is 9.93. The molecule has 0 fully saturated rings. The first-order chi connectivity index (χ1) is 8.27. The van der Waals surface area contributed by atoms with Crippen LogP contribution in [0.2, 0.25) is 0 Å². The maximum atomic E-state index is 10.1. The maximum absolute atomic E-state index is 10.1. The Labute approximate surface area is 102 Å². The first-order valence-corrected chi connectivity index (χ1v) is 5.51. The van der Waals surface area contributed by atoms with E-state index in [1.54, 1.807) is 6.92 Å². The quantitative estimate of drug-likeness (QED) is 0.580. The van der Waals surface area contributed by atoms with Crippen molar-refractivity contribution >= 4 is 16.7 Å². The second-order valence-corrected chi connectivity index (χ2v) is 3.30. The molecule has 0 heterocycles. The molecule has 0 aliphatic rings. The largest absolute Gasteiger partial charge is 0.463 e. The van der Waals surface area contributed by atoms with Gasteiger partial charge in [0.25, 0.3) is 0 Å². The Morgan fingerprint density at radius 2 is 1.53 bits per heavy atom. The van der Waals surface area contributed by atoms with E-state index in [0.29, 0.717) is 6.61 Å². The molecule has 0 spiro atoms.